The maximum Gasteiger partial charge on any atom is 0.310 e. The topological polar surface area (TPSA) is 66.8 Å². The van der Waals surface area contributed by atoms with Crippen molar-refractivity contribution in [1.82, 2.24) is 15.2 Å². The van der Waals surface area contributed by atoms with Crippen molar-refractivity contribution in [2.75, 3.05) is 33.3 Å². The number of carbonyl (C=O) groups excluding carboxylic acids is 1. The number of hydrogen-bond donors (Lipinski definition) is 1. The van der Waals surface area contributed by atoms with Crippen molar-refractivity contribution >= 4 is 47.2 Å². The lowest BCUT2D eigenvalue weighted by Crippen LogP contribution is -2.40. The Hall–Kier alpha value is -0.900. The monoisotopic (exact) mass is 466 g/mol. The number of rotatable bonds is 5. The van der Waals surface area contributed by atoms with Crippen molar-refractivity contribution in [3.05, 3.63) is 16.1 Å². The maximum absolute atomic E-state index is 11.8. The Bertz CT molecular complexity index is 564. The smallest absolute Gasteiger partial charge is 0.310 e. The van der Waals surface area contributed by atoms with Gasteiger partial charge in [0.15, 0.2) is 5.96 Å². The fourth-order valence-corrected chi connectivity index (χ4v) is 3.57. The van der Waals surface area contributed by atoms with Crippen LogP contribution >= 0.6 is 35.3 Å². The molecule has 2 atom stereocenters. The summed E-state index contributed by atoms with van der Waals surface area (Å²) in [5, 5.41) is 4.44. The van der Waals surface area contributed by atoms with E-state index in [4.69, 9.17) is 9.73 Å². The summed E-state index contributed by atoms with van der Waals surface area (Å²) in [6, 6.07) is 0. The number of guanidine groups is 1. The van der Waals surface area contributed by atoms with Crippen LogP contribution in [-0.2, 0) is 16.0 Å². The number of halogens is 1. The van der Waals surface area contributed by atoms with Crippen LogP contribution in [0.25, 0.3) is 0 Å². The number of carbonyl (C=O) groups is 1. The third-order valence-electron chi connectivity index (χ3n) is 4.01. The Morgan fingerprint density at radius 2 is 2.29 bits per heavy atom. The molecule has 2 unspecified atom stereocenters. The number of methoxy groups -OCH3 is 1. The highest BCUT2D eigenvalue weighted by molar-refractivity contribution is 14.0. The van der Waals surface area contributed by atoms with Crippen LogP contribution in [-0.4, -0.2) is 55.1 Å². The molecule has 2 heterocycles. The second-order valence-corrected chi connectivity index (χ2v) is 7.18. The molecule has 0 aromatic carbocycles. The number of esters is 1. The maximum atomic E-state index is 11.8. The molecule has 6 nitrogen and oxygen atoms in total. The molecule has 136 valence electrons. The van der Waals surface area contributed by atoms with E-state index in [1.807, 2.05) is 6.20 Å². The van der Waals surface area contributed by atoms with Crippen molar-refractivity contribution in [1.29, 1.82) is 0 Å². The molecule has 1 aromatic heterocycles. The molecule has 1 aliphatic heterocycles. The number of nitrogens with zero attached hydrogens (tertiary/aromatic N) is 3. The molecule has 1 fully saturated rings. The fourth-order valence-electron chi connectivity index (χ4n) is 2.80. The first-order valence-electron chi connectivity index (χ1n) is 8.07. The van der Waals surface area contributed by atoms with E-state index in [1.165, 1.54) is 12.0 Å². The van der Waals surface area contributed by atoms with Crippen LogP contribution in [0.1, 0.15) is 23.7 Å². The second-order valence-electron chi connectivity index (χ2n) is 5.86. The van der Waals surface area contributed by atoms with Crippen LogP contribution in [0.2, 0.25) is 0 Å². The minimum atomic E-state index is -0.130. The van der Waals surface area contributed by atoms with E-state index in [1.54, 1.807) is 11.3 Å². The molecule has 0 spiro atoms. The Balaban J connectivity index is 0.00000288. The third kappa shape index (κ3) is 5.58. The van der Waals surface area contributed by atoms with Gasteiger partial charge in [-0.3, -0.25) is 9.79 Å². The van der Waals surface area contributed by atoms with Crippen LogP contribution in [0.15, 0.2) is 11.2 Å². The molecule has 0 bridgehead atoms. The molecular formula is C16H27IN4O2S. The van der Waals surface area contributed by atoms with E-state index in [9.17, 15) is 4.79 Å². The van der Waals surface area contributed by atoms with Gasteiger partial charge in [0.05, 0.1) is 18.0 Å². The average molecular weight is 466 g/mol. The van der Waals surface area contributed by atoms with Crippen molar-refractivity contribution in [3.8, 4) is 0 Å². The summed E-state index contributed by atoms with van der Waals surface area (Å²) in [5.41, 5.74) is 0. The number of hydrogen-bond acceptors (Lipinski definition) is 5. The predicted octanol–water partition coefficient (Wildman–Crippen LogP) is 2.32. The number of thiazole rings is 1. The minimum Gasteiger partial charge on any atom is -0.469 e. The molecule has 8 heteroatoms. The van der Waals surface area contributed by atoms with Gasteiger partial charge in [-0.1, -0.05) is 6.92 Å². The van der Waals surface area contributed by atoms with E-state index in [-0.39, 0.29) is 41.8 Å². The summed E-state index contributed by atoms with van der Waals surface area (Å²) in [4.78, 5) is 24.3. The van der Waals surface area contributed by atoms with E-state index >= 15 is 0 Å². The Kier molecular flexibility index (Phi) is 8.96. The van der Waals surface area contributed by atoms with Crippen LogP contribution < -0.4 is 5.32 Å². The van der Waals surface area contributed by atoms with E-state index in [2.05, 4.69) is 36.0 Å². The van der Waals surface area contributed by atoms with E-state index < -0.39 is 0 Å². The molecule has 0 amide bonds. The second kappa shape index (κ2) is 10.2. The molecule has 1 N–H and O–H groups in total. The highest BCUT2D eigenvalue weighted by atomic mass is 127. The van der Waals surface area contributed by atoms with Gasteiger partial charge in [-0.05, 0) is 19.8 Å². The Morgan fingerprint density at radius 1 is 1.54 bits per heavy atom. The molecule has 0 radical (unpaired) electrons. The number of nitrogens with one attached hydrogen (secondary N) is 1. The number of ether oxygens (including phenoxy) is 1. The van der Waals surface area contributed by atoms with E-state index in [0.29, 0.717) is 13.1 Å². The van der Waals surface area contributed by atoms with Crippen molar-refractivity contribution in [2.24, 2.45) is 16.8 Å². The normalized spacial score (nSPS) is 20.7. The molecule has 24 heavy (non-hydrogen) atoms. The number of aromatic nitrogens is 1. The van der Waals surface area contributed by atoms with Gasteiger partial charge < -0.3 is 15.0 Å². The summed E-state index contributed by atoms with van der Waals surface area (Å²) >= 11 is 1.72. The standard InChI is InChI=1S/C16H26N4O2S.HI/c1-5-17-16(18-7-6-14-19-8-12(3)23-14)20-9-11(2)13(10-20)15(21)22-4;/h8,11,13H,5-7,9-10H2,1-4H3,(H,17,18);1H. The number of aryl methyl sites for hydroxylation is 1. The fraction of sp³-hybridized carbons (Fsp3) is 0.688. The lowest BCUT2D eigenvalue weighted by molar-refractivity contribution is -0.145. The van der Waals surface area contributed by atoms with Crippen molar-refractivity contribution < 1.29 is 9.53 Å². The summed E-state index contributed by atoms with van der Waals surface area (Å²) in [7, 11) is 1.45. The van der Waals surface area contributed by atoms with Gasteiger partial charge in [0.1, 0.15) is 0 Å². The molecular weight excluding hydrogens is 439 g/mol. The summed E-state index contributed by atoms with van der Waals surface area (Å²) in [5.74, 6) is 0.937. The quantitative estimate of drug-likeness (QED) is 0.312. The summed E-state index contributed by atoms with van der Waals surface area (Å²) < 4.78 is 4.90. The SMILES string of the molecule is CCNC(=NCCc1ncc(C)s1)N1CC(C)C(C(=O)OC)C1.I. The van der Waals surface area contributed by atoms with Crippen LogP contribution in [0.5, 0.6) is 0 Å². The van der Waals surface area contributed by atoms with Gasteiger partial charge in [-0.25, -0.2) is 4.98 Å². The predicted molar refractivity (Wildman–Crippen MR) is 108 cm³/mol. The van der Waals surface area contributed by atoms with Gasteiger partial charge >= 0.3 is 5.97 Å². The highest BCUT2D eigenvalue weighted by Crippen LogP contribution is 2.24. The zero-order chi connectivity index (χ0) is 16.8. The van der Waals surface area contributed by atoms with Gasteiger partial charge in [0, 0.05) is 43.7 Å². The molecule has 0 saturated carbocycles. The van der Waals surface area contributed by atoms with Gasteiger partial charge in [0.2, 0.25) is 0 Å². The molecule has 1 aliphatic rings. The number of aliphatic imine (C=N–C) groups is 1. The highest BCUT2D eigenvalue weighted by Gasteiger charge is 2.36. The van der Waals surface area contributed by atoms with Crippen LogP contribution in [0.4, 0.5) is 0 Å². The van der Waals surface area contributed by atoms with E-state index in [0.717, 1.165) is 30.5 Å². The first-order chi connectivity index (χ1) is 11.0. The Morgan fingerprint density at radius 3 is 2.88 bits per heavy atom. The van der Waals surface area contributed by atoms with Gasteiger partial charge in [-0.2, -0.15) is 0 Å². The Labute approximate surface area is 165 Å². The number of likely N-dealkylation sites (tertiary alicyclic amines) is 1. The zero-order valence-electron chi connectivity index (χ0n) is 14.7. The molecule has 1 aromatic rings. The molecule has 1 saturated heterocycles. The minimum absolute atomic E-state index is 0. The summed E-state index contributed by atoms with van der Waals surface area (Å²) in [6.45, 7) is 9.19. The van der Waals surface area contributed by atoms with Crippen molar-refractivity contribution in [2.45, 2.75) is 27.2 Å². The van der Waals surface area contributed by atoms with Crippen LogP contribution in [0, 0.1) is 18.8 Å². The van der Waals surface area contributed by atoms with Gasteiger partial charge in [0.25, 0.3) is 0 Å². The first-order valence-corrected chi connectivity index (χ1v) is 8.89. The third-order valence-corrected chi connectivity index (χ3v) is 4.98. The largest absolute Gasteiger partial charge is 0.469 e. The lowest BCUT2D eigenvalue weighted by atomic mass is 9.99. The lowest BCUT2D eigenvalue weighted by Gasteiger charge is -2.21. The molecule has 2 rings (SSSR count). The molecule has 0 aliphatic carbocycles. The zero-order valence-corrected chi connectivity index (χ0v) is 17.9. The van der Waals surface area contributed by atoms with Crippen LogP contribution in [0.3, 0.4) is 0 Å². The first kappa shape index (κ1) is 21.1. The van der Waals surface area contributed by atoms with Gasteiger partial charge in [-0.15, -0.1) is 35.3 Å². The average Bonchev–Trinajstić information content (AvgIpc) is 3.11. The van der Waals surface area contributed by atoms with Crippen molar-refractivity contribution in [3.63, 3.8) is 0 Å². The summed E-state index contributed by atoms with van der Waals surface area (Å²) in [6.07, 6.45) is 2.75.